The number of rotatable bonds is 4. The first-order valence-corrected chi connectivity index (χ1v) is 6.12. The molecule has 1 atom stereocenters. The van der Waals surface area contributed by atoms with Crippen molar-refractivity contribution in [2.24, 2.45) is 0 Å². The van der Waals surface area contributed by atoms with E-state index in [2.05, 4.69) is 4.74 Å². The molecule has 0 aliphatic heterocycles. The summed E-state index contributed by atoms with van der Waals surface area (Å²) in [5, 5.41) is 12.3. The van der Waals surface area contributed by atoms with Crippen molar-refractivity contribution in [2.75, 3.05) is 7.11 Å². The zero-order valence-corrected chi connectivity index (χ0v) is 10.7. The van der Waals surface area contributed by atoms with Crippen molar-refractivity contribution in [3.05, 3.63) is 60.2 Å². The van der Waals surface area contributed by atoms with Gasteiger partial charge in [-0.3, -0.25) is 0 Å². The second-order valence-corrected chi connectivity index (χ2v) is 4.25. The predicted octanol–water partition coefficient (Wildman–Crippen LogP) is 2.99. The van der Waals surface area contributed by atoms with Gasteiger partial charge in [0.25, 0.3) is 0 Å². The van der Waals surface area contributed by atoms with Crippen molar-refractivity contribution in [3.8, 4) is 0 Å². The van der Waals surface area contributed by atoms with Crippen molar-refractivity contribution < 1.29 is 14.6 Å². The van der Waals surface area contributed by atoms with E-state index in [1.54, 1.807) is 6.08 Å². The molecular weight excluding hydrogens is 240 g/mol. The van der Waals surface area contributed by atoms with Gasteiger partial charge < -0.3 is 9.84 Å². The molecule has 3 nitrogen and oxygen atoms in total. The number of aliphatic hydroxyl groups is 1. The minimum absolute atomic E-state index is 0.378. The van der Waals surface area contributed by atoms with Crippen LogP contribution in [0.4, 0.5) is 0 Å². The maximum absolute atomic E-state index is 11.0. The molecule has 0 amide bonds. The van der Waals surface area contributed by atoms with Crippen LogP contribution in [0.15, 0.2) is 54.6 Å². The van der Waals surface area contributed by atoms with E-state index in [4.69, 9.17) is 0 Å². The Balaban J connectivity index is 2.20. The summed E-state index contributed by atoms with van der Waals surface area (Å²) < 4.78 is 4.50. The number of ether oxygens (including phenoxy) is 1. The van der Waals surface area contributed by atoms with Gasteiger partial charge in [-0.05, 0) is 22.8 Å². The average Bonchev–Trinajstić information content (AvgIpc) is 2.46. The molecule has 2 aromatic carbocycles. The number of aliphatic hydroxyl groups excluding tert-OH is 1. The number of esters is 1. The number of methoxy groups -OCH3 is 1. The van der Waals surface area contributed by atoms with E-state index in [9.17, 15) is 9.90 Å². The molecule has 0 fully saturated rings. The minimum Gasteiger partial charge on any atom is -0.466 e. The molecule has 0 spiro atoms. The van der Waals surface area contributed by atoms with E-state index in [0.29, 0.717) is 6.42 Å². The second kappa shape index (κ2) is 6.16. The van der Waals surface area contributed by atoms with Crippen molar-refractivity contribution in [3.63, 3.8) is 0 Å². The molecule has 0 saturated heterocycles. The molecule has 98 valence electrons. The van der Waals surface area contributed by atoms with Crippen LogP contribution >= 0.6 is 0 Å². The highest BCUT2D eigenvalue weighted by Crippen LogP contribution is 2.26. The van der Waals surface area contributed by atoms with Crippen LogP contribution in [-0.4, -0.2) is 18.2 Å². The molecule has 0 saturated carbocycles. The maximum Gasteiger partial charge on any atom is 0.330 e. The molecule has 0 aliphatic carbocycles. The first kappa shape index (κ1) is 13.3. The number of hydrogen-bond acceptors (Lipinski definition) is 3. The molecule has 0 heterocycles. The number of carbonyl (C=O) groups is 1. The molecule has 2 aromatic rings. The quantitative estimate of drug-likeness (QED) is 0.675. The van der Waals surface area contributed by atoms with Gasteiger partial charge in [-0.2, -0.15) is 0 Å². The van der Waals surface area contributed by atoms with Crippen LogP contribution in [-0.2, 0) is 9.53 Å². The molecule has 0 aromatic heterocycles. The summed E-state index contributed by atoms with van der Waals surface area (Å²) in [4.78, 5) is 11.0. The summed E-state index contributed by atoms with van der Waals surface area (Å²) in [6, 6.07) is 13.7. The number of benzene rings is 2. The van der Waals surface area contributed by atoms with E-state index >= 15 is 0 Å². The third-order valence-electron chi connectivity index (χ3n) is 3.00. The third-order valence-corrected chi connectivity index (χ3v) is 3.00. The molecule has 0 radical (unpaired) electrons. The lowest BCUT2D eigenvalue weighted by atomic mass is 9.99. The maximum atomic E-state index is 11.0. The van der Waals surface area contributed by atoms with Crippen LogP contribution in [0.5, 0.6) is 0 Å². The lowest BCUT2D eigenvalue weighted by Gasteiger charge is -2.11. The molecule has 0 aliphatic rings. The summed E-state index contributed by atoms with van der Waals surface area (Å²) in [6.07, 6.45) is 2.70. The van der Waals surface area contributed by atoms with Gasteiger partial charge in [0, 0.05) is 6.08 Å². The minimum atomic E-state index is -0.632. The lowest BCUT2D eigenvalue weighted by Crippen LogP contribution is -1.98. The van der Waals surface area contributed by atoms with Crippen LogP contribution in [0.3, 0.4) is 0 Å². The first-order valence-electron chi connectivity index (χ1n) is 6.12. The van der Waals surface area contributed by atoms with E-state index in [-0.39, 0.29) is 0 Å². The highest BCUT2D eigenvalue weighted by molar-refractivity contribution is 5.86. The van der Waals surface area contributed by atoms with Gasteiger partial charge in [0.2, 0.25) is 0 Å². The van der Waals surface area contributed by atoms with Gasteiger partial charge in [-0.25, -0.2) is 4.79 Å². The Morgan fingerprint density at radius 1 is 1.26 bits per heavy atom. The van der Waals surface area contributed by atoms with Crippen LogP contribution < -0.4 is 0 Å². The fourth-order valence-corrected chi connectivity index (χ4v) is 2.03. The predicted molar refractivity (Wildman–Crippen MR) is 74.7 cm³/mol. The van der Waals surface area contributed by atoms with Gasteiger partial charge in [-0.15, -0.1) is 0 Å². The van der Waals surface area contributed by atoms with Crippen LogP contribution in [0, 0.1) is 0 Å². The van der Waals surface area contributed by atoms with E-state index in [1.807, 2.05) is 42.5 Å². The summed E-state index contributed by atoms with van der Waals surface area (Å²) in [7, 11) is 1.33. The number of carbonyl (C=O) groups excluding carboxylic acids is 1. The molecule has 2 rings (SSSR count). The monoisotopic (exact) mass is 256 g/mol. The van der Waals surface area contributed by atoms with Gasteiger partial charge in [0.15, 0.2) is 0 Å². The molecule has 1 unspecified atom stereocenters. The van der Waals surface area contributed by atoms with Crippen molar-refractivity contribution in [1.82, 2.24) is 0 Å². The van der Waals surface area contributed by atoms with E-state index in [0.717, 1.165) is 16.3 Å². The van der Waals surface area contributed by atoms with Gasteiger partial charge in [0.05, 0.1) is 13.2 Å². The average molecular weight is 256 g/mol. The lowest BCUT2D eigenvalue weighted by molar-refractivity contribution is -0.134. The molecule has 19 heavy (non-hydrogen) atoms. The molecular formula is C16H16O3. The van der Waals surface area contributed by atoms with E-state index < -0.39 is 12.1 Å². The van der Waals surface area contributed by atoms with Crippen molar-refractivity contribution in [2.45, 2.75) is 12.5 Å². The Kier molecular flexibility index (Phi) is 4.31. The SMILES string of the molecule is COC(=O)/C=C/CC(O)c1cccc2ccccc12. The highest BCUT2D eigenvalue weighted by Gasteiger charge is 2.09. The number of hydrogen-bond donors (Lipinski definition) is 1. The van der Waals surface area contributed by atoms with Gasteiger partial charge >= 0.3 is 5.97 Å². The Bertz CT molecular complexity index is 596. The zero-order valence-electron chi connectivity index (χ0n) is 10.7. The normalized spacial score (nSPS) is 12.7. The summed E-state index contributed by atoms with van der Waals surface area (Å²) in [5.74, 6) is -0.412. The Hall–Kier alpha value is -2.13. The largest absolute Gasteiger partial charge is 0.466 e. The topological polar surface area (TPSA) is 46.5 Å². The third kappa shape index (κ3) is 3.20. The summed E-state index contributed by atoms with van der Waals surface area (Å²) in [6.45, 7) is 0. The Labute approximate surface area is 112 Å². The van der Waals surface area contributed by atoms with Crippen LogP contribution in [0.25, 0.3) is 10.8 Å². The smallest absolute Gasteiger partial charge is 0.330 e. The summed E-state index contributed by atoms with van der Waals surface area (Å²) in [5.41, 5.74) is 0.868. The molecule has 3 heteroatoms. The van der Waals surface area contributed by atoms with Gasteiger partial charge in [0.1, 0.15) is 0 Å². The highest BCUT2D eigenvalue weighted by atomic mass is 16.5. The van der Waals surface area contributed by atoms with Crippen molar-refractivity contribution >= 4 is 16.7 Å². The second-order valence-electron chi connectivity index (χ2n) is 4.25. The molecule has 0 bridgehead atoms. The Morgan fingerprint density at radius 3 is 2.79 bits per heavy atom. The zero-order chi connectivity index (χ0) is 13.7. The summed E-state index contributed by atoms with van der Waals surface area (Å²) >= 11 is 0. The standard InChI is InChI=1S/C16H16O3/c1-19-16(18)11-5-10-15(17)14-9-4-7-12-6-2-3-8-13(12)14/h2-9,11,15,17H,10H2,1H3/b11-5+. The van der Waals surface area contributed by atoms with E-state index in [1.165, 1.54) is 13.2 Å². The first-order chi connectivity index (χ1) is 9.22. The fraction of sp³-hybridized carbons (Fsp3) is 0.188. The van der Waals surface area contributed by atoms with Crippen LogP contribution in [0.1, 0.15) is 18.1 Å². The van der Waals surface area contributed by atoms with Crippen LogP contribution in [0.2, 0.25) is 0 Å². The fourth-order valence-electron chi connectivity index (χ4n) is 2.03. The Morgan fingerprint density at radius 2 is 2.00 bits per heavy atom. The molecule has 1 N–H and O–H groups in total. The number of fused-ring (bicyclic) bond motifs is 1. The van der Waals surface area contributed by atoms with Gasteiger partial charge in [-0.1, -0.05) is 48.5 Å². The van der Waals surface area contributed by atoms with Crippen molar-refractivity contribution in [1.29, 1.82) is 0 Å².